The highest BCUT2D eigenvalue weighted by Crippen LogP contribution is 2.25. The summed E-state index contributed by atoms with van der Waals surface area (Å²) in [5.41, 5.74) is 1.68. The molecule has 2 rings (SSSR count). The zero-order valence-electron chi connectivity index (χ0n) is 20.7. The first-order valence-corrected chi connectivity index (χ1v) is 12.0. The third kappa shape index (κ3) is 7.15. The molecule has 0 aliphatic carbocycles. The van der Waals surface area contributed by atoms with Crippen LogP contribution in [0, 0.1) is 11.8 Å². The number of rotatable bonds is 12. The lowest BCUT2D eigenvalue weighted by Gasteiger charge is -2.16. The number of carbonyl (C=O) groups excluding carboxylic acids is 2. The zero-order valence-corrected chi connectivity index (χ0v) is 20.7. The molecule has 2 aromatic carbocycles. The summed E-state index contributed by atoms with van der Waals surface area (Å²) in [4.78, 5) is 48.5. The smallest absolute Gasteiger partial charge is 0.337 e. The van der Waals surface area contributed by atoms with Gasteiger partial charge >= 0.3 is 11.9 Å². The standard InChI is InChI=1S/C27H34N2O6/c1-5-18(6-2)24(30)28-22-11-9-16(14-20(22)26(32)33)13-17-10-12-23(21(15-17)27(34)35)29-25(31)19(7-3)8-4/h9-12,14-15,18-19H,5-8,13H2,1-4H3,(H,28,30)(H,29,31)(H,32,33)(H,34,35). The van der Waals surface area contributed by atoms with E-state index in [4.69, 9.17) is 0 Å². The topological polar surface area (TPSA) is 133 Å². The minimum Gasteiger partial charge on any atom is -0.478 e. The molecule has 0 aliphatic rings. The highest BCUT2D eigenvalue weighted by Gasteiger charge is 2.20. The van der Waals surface area contributed by atoms with Gasteiger partial charge in [0.05, 0.1) is 22.5 Å². The van der Waals surface area contributed by atoms with Crippen LogP contribution >= 0.6 is 0 Å². The van der Waals surface area contributed by atoms with Crippen molar-refractivity contribution in [1.29, 1.82) is 0 Å². The fourth-order valence-corrected chi connectivity index (χ4v) is 4.00. The van der Waals surface area contributed by atoms with Crippen LogP contribution in [0.4, 0.5) is 11.4 Å². The summed E-state index contributed by atoms with van der Waals surface area (Å²) in [5.74, 6) is -3.18. The van der Waals surface area contributed by atoms with Crippen molar-refractivity contribution in [2.24, 2.45) is 11.8 Å². The predicted molar refractivity (Wildman–Crippen MR) is 135 cm³/mol. The number of amides is 2. The Balaban J connectivity index is 2.30. The van der Waals surface area contributed by atoms with E-state index < -0.39 is 11.9 Å². The first-order chi connectivity index (χ1) is 16.6. The van der Waals surface area contributed by atoms with Crippen molar-refractivity contribution < 1.29 is 29.4 Å². The number of carbonyl (C=O) groups is 4. The van der Waals surface area contributed by atoms with Gasteiger partial charge in [-0.05, 0) is 67.5 Å². The molecule has 35 heavy (non-hydrogen) atoms. The van der Waals surface area contributed by atoms with Crippen LogP contribution in [0.1, 0.15) is 85.2 Å². The van der Waals surface area contributed by atoms with Gasteiger partial charge in [-0.15, -0.1) is 0 Å². The molecule has 0 saturated carbocycles. The number of hydrogen-bond acceptors (Lipinski definition) is 4. The molecule has 2 aromatic rings. The highest BCUT2D eigenvalue weighted by molar-refractivity contribution is 6.02. The molecule has 0 aromatic heterocycles. The van der Waals surface area contributed by atoms with Crippen LogP contribution in [0.3, 0.4) is 0 Å². The minimum atomic E-state index is -1.17. The fraction of sp³-hybridized carbons (Fsp3) is 0.407. The average Bonchev–Trinajstić information content (AvgIpc) is 2.82. The highest BCUT2D eigenvalue weighted by atomic mass is 16.4. The van der Waals surface area contributed by atoms with Crippen molar-refractivity contribution in [3.63, 3.8) is 0 Å². The Morgan fingerprint density at radius 1 is 0.657 bits per heavy atom. The lowest BCUT2D eigenvalue weighted by Crippen LogP contribution is -2.23. The number of carboxylic acids is 2. The Bertz CT molecular complexity index is 1000. The molecule has 0 atom stereocenters. The second kappa shape index (κ2) is 12.7. The second-order valence-corrected chi connectivity index (χ2v) is 8.55. The van der Waals surface area contributed by atoms with Gasteiger partial charge in [0.25, 0.3) is 0 Å². The van der Waals surface area contributed by atoms with Crippen molar-refractivity contribution in [2.45, 2.75) is 59.8 Å². The summed E-state index contributed by atoms with van der Waals surface area (Å²) in [6.45, 7) is 7.62. The van der Waals surface area contributed by atoms with Gasteiger partial charge in [0.1, 0.15) is 0 Å². The number of carboxylic acid groups (broad SMARTS) is 2. The number of nitrogens with one attached hydrogen (secondary N) is 2. The molecular weight excluding hydrogens is 448 g/mol. The third-order valence-electron chi connectivity index (χ3n) is 6.27. The molecule has 0 saturated heterocycles. The predicted octanol–water partition coefficient (Wildman–Crippen LogP) is 5.42. The summed E-state index contributed by atoms with van der Waals surface area (Å²) in [6.07, 6.45) is 2.90. The molecule has 8 heteroatoms. The van der Waals surface area contributed by atoms with E-state index in [1.54, 1.807) is 24.3 Å². The first-order valence-electron chi connectivity index (χ1n) is 12.0. The van der Waals surface area contributed by atoms with Crippen molar-refractivity contribution in [2.75, 3.05) is 10.6 Å². The fourth-order valence-electron chi connectivity index (χ4n) is 4.00. The zero-order chi connectivity index (χ0) is 26.1. The Labute approximate surface area is 205 Å². The number of hydrogen-bond donors (Lipinski definition) is 4. The van der Waals surface area contributed by atoms with Gasteiger partial charge in [-0.25, -0.2) is 9.59 Å². The van der Waals surface area contributed by atoms with Gasteiger partial charge in [-0.3, -0.25) is 9.59 Å². The van der Waals surface area contributed by atoms with Crippen molar-refractivity contribution in [3.05, 3.63) is 58.7 Å². The summed E-state index contributed by atoms with van der Waals surface area (Å²) in [7, 11) is 0. The van der Waals surface area contributed by atoms with E-state index >= 15 is 0 Å². The van der Waals surface area contributed by atoms with Crippen molar-refractivity contribution in [1.82, 2.24) is 0 Å². The third-order valence-corrected chi connectivity index (χ3v) is 6.27. The van der Waals surface area contributed by atoms with E-state index in [0.717, 1.165) is 0 Å². The maximum atomic E-state index is 12.4. The molecule has 188 valence electrons. The summed E-state index contributed by atoms with van der Waals surface area (Å²) < 4.78 is 0. The Hall–Kier alpha value is -3.68. The molecule has 4 N–H and O–H groups in total. The lowest BCUT2D eigenvalue weighted by atomic mass is 9.98. The van der Waals surface area contributed by atoms with E-state index in [0.29, 0.717) is 36.8 Å². The van der Waals surface area contributed by atoms with Gasteiger partial charge in [0.2, 0.25) is 11.8 Å². The van der Waals surface area contributed by atoms with Gasteiger partial charge in [0, 0.05) is 11.8 Å². The Morgan fingerprint density at radius 2 is 1.00 bits per heavy atom. The average molecular weight is 483 g/mol. The monoisotopic (exact) mass is 482 g/mol. The van der Waals surface area contributed by atoms with E-state index in [1.165, 1.54) is 12.1 Å². The summed E-state index contributed by atoms with van der Waals surface area (Å²) in [5, 5.41) is 24.8. The largest absolute Gasteiger partial charge is 0.478 e. The second-order valence-electron chi connectivity index (χ2n) is 8.55. The first kappa shape index (κ1) is 27.6. The molecule has 0 radical (unpaired) electrons. The maximum absolute atomic E-state index is 12.4. The van der Waals surface area contributed by atoms with Crippen LogP contribution in [-0.4, -0.2) is 34.0 Å². The van der Waals surface area contributed by atoms with E-state index in [1.807, 2.05) is 27.7 Å². The SMILES string of the molecule is CCC(CC)C(=O)Nc1ccc(Cc2ccc(NC(=O)C(CC)CC)c(C(=O)O)c2)cc1C(=O)O. The van der Waals surface area contributed by atoms with Crippen molar-refractivity contribution >= 4 is 35.1 Å². The molecule has 8 nitrogen and oxygen atoms in total. The Kier molecular flexibility index (Phi) is 9.99. The number of aromatic carboxylic acids is 2. The van der Waals surface area contributed by atoms with Crippen LogP contribution in [0.15, 0.2) is 36.4 Å². The maximum Gasteiger partial charge on any atom is 0.337 e. The molecule has 0 fully saturated rings. The number of benzene rings is 2. The van der Waals surface area contributed by atoms with Crippen molar-refractivity contribution in [3.8, 4) is 0 Å². The summed E-state index contributed by atoms with van der Waals surface area (Å²) in [6, 6.07) is 9.49. The minimum absolute atomic E-state index is 0.0330. The molecule has 0 bridgehead atoms. The normalized spacial score (nSPS) is 10.9. The van der Waals surface area contributed by atoms with Crippen LogP contribution in [-0.2, 0) is 16.0 Å². The molecule has 0 unspecified atom stereocenters. The molecule has 2 amide bonds. The van der Waals surface area contributed by atoms with E-state index in [-0.39, 0.29) is 52.6 Å². The van der Waals surface area contributed by atoms with Gasteiger partial charge in [-0.1, -0.05) is 39.8 Å². The van der Waals surface area contributed by atoms with E-state index in [9.17, 15) is 29.4 Å². The van der Waals surface area contributed by atoms with Crippen LogP contribution < -0.4 is 10.6 Å². The molecule has 0 heterocycles. The quantitative estimate of drug-likeness (QED) is 0.319. The Morgan fingerprint density at radius 3 is 1.29 bits per heavy atom. The molecule has 0 aliphatic heterocycles. The van der Waals surface area contributed by atoms with Crippen LogP contribution in [0.2, 0.25) is 0 Å². The lowest BCUT2D eigenvalue weighted by molar-refractivity contribution is -0.120. The van der Waals surface area contributed by atoms with Crippen LogP contribution in [0.5, 0.6) is 0 Å². The molecular formula is C27H34N2O6. The van der Waals surface area contributed by atoms with E-state index in [2.05, 4.69) is 10.6 Å². The van der Waals surface area contributed by atoms with Gasteiger partial charge in [0.15, 0.2) is 0 Å². The van der Waals surface area contributed by atoms with Crippen LogP contribution in [0.25, 0.3) is 0 Å². The van der Waals surface area contributed by atoms with Gasteiger partial charge in [-0.2, -0.15) is 0 Å². The summed E-state index contributed by atoms with van der Waals surface area (Å²) >= 11 is 0. The van der Waals surface area contributed by atoms with Gasteiger partial charge < -0.3 is 20.8 Å². The number of anilines is 2. The molecule has 0 spiro atoms.